The molecule has 5 heteroatoms. The predicted octanol–water partition coefficient (Wildman–Crippen LogP) is 1.75. The van der Waals surface area contributed by atoms with Gasteiger partial charge < -0.3 is 10.4 Å². The van der Waals surface area contributed by atoms with Crippen LogP contribution in [0, 0.1) is 0 Å². The summed E-state index contributed by atoms with van der Waals surface area (Å²) in [5.74, 6) is -0.118. The first kappa shape index (κ1) is 12.5. The minimum atomic E-state index is -0.118. The summed E-state index contributed by atoms with van der Waals surface area (Å²) in [6, 6.07) is 5.28. The SMILES string of the molecule is O=C(Cc1ccc(Cl)cc1Br)NCCO. The zero-order valence-electron chi connectivity index (χ0n) is 7.96. The second-order valence-electron chi connectivity index (χ2n) is 2.99. The first-order valence-corrected chi connectivity index (χ1v) is 5.62. The van der Waals surface area contributed by atoms with E-state index in [1.165, 1.54) is 0 Å². The van der Waals surface area contributed by atoms with Gasteiger partial charge in [-0.25, -0.2) is 0 Å². The zero-order valence-corrected chi connectivity index (χ0v) is 10.3. The molecule has 0 bridgehead atoms. The van der Waals surface area contributed by atoms with Crippen molar-refractivity contribution in [3.8, 4) is 0 Å². The van der Waals surface area contributed by atoms with E-state index >= 15 is 0 Å². The third kappa shape index (κ3) is 4.20. The van der Waals surface area contributed by atoms with Crippen molar-refractivity contribution in [2.45, 2.75) is 6.42 Å². The number of hydrogen-bond donors (Lipinski definition) is 2. The average molecular weight is 293 g/mol. The van der Waals surface area contributed by atoms with Crippen LogP contribution in [0.1, 0.15) is 5.56 Å². The lowest BCUT2D eigenvalue weighted by Gasteiger charge is -2.05. The predicted molar refractivity (Wildman–Crippen MR) is 63.0 cm³/mol. The molecule has 0 aliphatic heterocycles. The first-order chi connectivity index (χ1) is 7.13. The fourth-order valence-electron chi connectivity index (χ4n) is 1.10. The molecule has 1 aromatic carbocycles. The van der Waals surface area contributed by atoms with Crippen LogP contribution in [0.25, 0.3) is 0 Å². The molecule has 1 rings (SSSR count). The lowest BCUT2D eigenvalue weighted by molar-refractivity contribution is -0.120. The molecular formula is C10H11BrClNO2. The molecule has 15 heavy (non-hydrogen) atoms. The van der Waals surface area contributed by atoms with Crippen LogP contribution in [0.3, 0.4) is 0 Å². The second-order valence-corrected chi connectivity index (χ2v) is 4.28. The molecule has 1 aromatic rings. The van der Waals surface area contributed by atoms with E-state index in [1.807, 2.05) is 0 Å². The molecule has 0 fully saturated rings. The van der Waals surface area contributed by atoms with E-state index < -0.39 is 0 Å². The normalized spacial score (nSPS) is 10.1. The summed E-state index contributed by atoms with van der Waals surface area (Å²) in [7, 11) is 0. The minimum absolute atomic E-state index is 0.0481. The molecule has 0 saturated carbocycles. The number of carbonyl (C=O) groups excluding carboxylic acids is 1. The number of halogens is 2. The monoisotopic (exact) mass is 291 g/mol. The van der Waals surface area contributed by atoms with Crippen molar-refractivity contribution in [1.82, 2.24) is 5.32 Å². The lowest BCUT2D eigenvalue weighted by atomic mass is 10.1. The number of nitrogens with one attached hydrogen (secondary N) is 1. The molecule has 0 aliphatic rings. The van der Waals surface area contributed by atoms with Crippen molar-refractivity contribution in [3.63, 3.8) is 0 Å². The number of amides is 1. The summed E-state index contributed by atoms with van der Waals surface area (Å²) < 4.78 is 0.814. The molecule has 0 aliphatic carbocycles. The van der Waals surface area contributed by atoms with Gasteiger partial charge in [-0.3, -0.25) is 4.79 Å². The van der Waals surface area contributed by atoms with E-state index in [9.17, 15) is 4.79 Å². The van der Waals surface area contributed by atoms with Gasteiger partial charge in [0, 0.05) is 16.0 Å². The van der Waals surface area contributed by atoms with Crippen LogP contribution in [0.5, 0.6) is 0 Å². The molecular weight excluding hydrogens is 281 g/mol. The molecule has 0 aromatic heterocycles. The molecule has 0 atom stereocenters. The van der Waals surface area contributed by atoms with E-state index in [2.05, 4.69) is 21.2 Å². The molecule has 0 saturated heterocycles. The highest BCUT2D eigenvalue weighted by Crippen LogP contribution is 2.21. The van der Waals surface area contributed by atoms with Gasteiger partial charge in [-0.05, 0) is 17.7 Å². The van der Waals surface area contributed by atoms with Gasteiger partial charge in [0.25, 0.3) is 0 Å². The zero-order chi connectivity index (χ0) is 11.3. The summed E-state index contributed by atoms with van der Waals surface area (Å²) >= 11 is 9.10. The summed E-state index contributed by atoms with van der Waals surface area (Å²) in [6.45, 7) is 0.234. The maximum atomic E-state index is 11.3. The smallest absolute Gasteiger partial charge is 0.224 e. The Morgan fingerprint density at radius 3 is 2.87 bits per heavy atom. The third-order valence-electron chi connectivity index (χ3n) is 1.80. The Hall–Kier alpha value is -0.580. The number of hydrogen-bond acceptors (Lipinski definition) is 2. The highest BCUT2D eigenvalue weighted by molar-refractivity contribution is 9.10. The Morgan fingerprint density at radius 2 is 2.27 bits per heavy atom. The summed E-state index contributed by atoms with van der Waals surface area (Å²) in [6.07, 6.45) is 0.276. The van der Waals surface area contributed by atoms with Gasteiger partial charge in [-0.1, -0.05) is 33.6 Å². The number of aliphatic hydroxyl groups is 1. The molecule has 82 valence electrons. The van der Waals surface area contributed by atoms with E-state index in [1.54, 1.807) is 18.2 Å². The maximum Gasteiger partial charge on any atom is 0.224 e. The van der Waals surface area contributed by atoms with Crippen molar-refractivity contribution in [1.29, 1.82) is 0 Å². The van der Waals surface area contributed by atoms with Gasteiger partial charge in [0.2, 0.25) is 5.91 Å². The quantitative estimate of drug-likeness (QED) is 0.888. The van der Waals surface area contributed by atoms with Crippen LogP contribution in [-0.2, 0) is 11.2 Å². The Kier molecular flexibility index (Phi) is 5.08. The number of benzene rings is 1. The summed E-state index contributed by atoms with van der Waals surface area (Å²) in [5.41, 5.74) is 0.870. The maximum absolute atomic E-state index is 11.3. The van der Waals surface area contributed by atoms with E-state index in [0.29, 0.717) is 5.02 Å². The molecule has 2 N–H and O–H groups in total. The summed E-state index contributed by atoms with van der Waals surface area (Å²) in [4.78, 5) is 11.3. The first-order valence-electron chi connectivity index (χ1n) is 4.45. The molecule has 0 spiro atoms. The van der Waals surface area contributed by atoms with Crippen LogP contribution in [0.15, 0.2) is 22.7 Å². The molecule has 0 radical (unpaired) electrons. The second kappa shape index (κ2) is 6.10. The van der Waals surface area contributed by atoms with Gasteiger partial charge in [-0.15, -0.1) is 0 Å². The van der Waals surface area contributed by atoms with Crippen LogP contribution in [0.4, 0.5) is 0 Å². The van der Waals surface area contributed by atoms with Crippen LogP contribution < -0.4 is 5.32 Å². The van der Waals surface area contributed by atoms with Gasteiger partial charge in [-0.2, -0.15) is 0 Å². The molecule has 0 heterocycles. The van der Waals surface area contributed by atoms with E-state index in [0.717, 1.165) is 10.0 Å². The Bertz CT molecular complexity index is 357. The van der Waals surface area contributed by atoms with Crippen LogP contribution in [-0.4, -0.2) is 24.2 Å². The van der Waals surface area contributed by atoms with Gasteiger partial charge in [0.1, 0.15) is 0 Å². The average Bonchev–Trinajstić information content (AvgIpc) is 2.19. The lowest BCUT2D eigenvalue weighted by Crippen LogP contribution is -2.27. The standard InChI is InChI=1S/C10H11BrClNO2/c11-9-6-8(12)2-1-7(9)5-10(15)13-3-4-14/h1-2,6,14H,3-5H2,(H,13,15). The largest absolute Gasteiger partial charge is 0.395 e. The van der Waals surface area contributed by atoms with Gasteiger partial charge in [0.05, 0.1) is 13.0 Å². The van der Waals surface area contributed by atoms with Crippen molar-refractivity contribution >= 4 is 33.4 Å². The third-order valence-corrected chi connectivity index (χ3v) is 2.77. The van der Waals surface area contributed by atoms with Crippen molar-refractivity contribution in [2.75, 3.05) is 13.2 Å². The molecule has 3 nitrogen and oxygen atoms in total. The van der Waals surface area contributed by atoms with Crippen molar-refractivity contribution < 1.29 is 9.90 Å². The number of carbonyl (C=O) groups is 1. The van der Waals surface area contributed by atoms with Crippen LogP contribution >= 0.6 is 27.5 Å². The minimum Gasteiger partial charge on any atom is -0.395 e. The number of rotatable bonds is 4. The van der Waals surface area contributed by atoms with E-state index in [4.69, 9.17) is 16.7 Å². The fraction of sp³-hybridized carbons (Fsp3) is 0.300. The van der Waals surface area contributed by atoms with E-state index in [-0.39, 0.29) is 25.5 Å². The van der Waals surface area contributed by atoms with Gasteiger partial charge in [0.15, 0.2) is 0 Å². The molecule has 1 amide bonds. The van der Waals surface area contributed by atoms with Crippen LogP contribution in [0.2, 0.25) is 5.02 Å². The Balaban J connectivity index is 2.60. The highest BCUT2D eigenvalue weighted by atomic mass is 79.9. The van der Waals surface area contributed by atoms with Crippen molar-refractivity contribution in [2.24, 2.45) is 0 Å². The fourth-order valence-corrected chi connectivity index (χ4v) is 1.92. The van der Waals surface area contributed by atoms with Gasteiger partial charge >= 0.3 is 0 Å². The Labute approximate surface area is 102 Å². The summed E-state index contributed by atoms with van der Waals surface area (Å²) in [5, 5.41) is 11.7. The number of aliphatic hydroxyl groups excluding tert-OH is 1. The molecule has 0 unspecified atom stereocenters. The Morgan fingerprint density at radius 1 is 1.53 bits per heavy atom. The highest BCUT2D eigenvalue weighted by Gasteiger charge is 2.06. The topological polar surface area (TPSA) is 49.3 Å². The van der Waals surface area contributed by atoms with Crippen molar-refractivity contribution in [3.05, 3.63) is 33.3 Å².